The van der Waals surface area contributed by atoms with Crippen LogP contribution < -0.4 is 10.9 Å². The number of anilines is 1. The van der Waals surface area contributed by atoms with E-state index in [9.17, 15) is 14.4 Å². The minimum atomic E-state index is -0.450. The molecule has 2 aromatic heterocycles. The Bertz CT molecular complexity index is 1530. The molecular formula is C44H67N5O5. The normalized spacial score (nSPS) is 12.3. The van der Waals surface area contributed by atoms with Gasteiger partial charge in [-0.3, -0.25) is 29.3 Å². The first-order valence-corrected chi connectivity index (χ1v) is 20.4. The maximum atomic E-state index is 12.6. The summed E-state index contributed by atoms with van der Waals surface area (Å²) in [5, 5.41) is 2.69. The summed E-state index contributed by atoms with van der Waals surface area (Å²) < 4.78 is 12.5. The van der Waals surface area contributed by atoms with Crippen molar-refractivity contribution in [2.45, 2.75) is 149 Å². The van der Waals surface area contributed by atoms with Crippen molar-refractivity contribution in [1.82, 2.24) is 19.5 Å². The molecule has 2 rings (SSSR count). The molecule has 0 fully saturated rings. The summed E-state index contributed by atoms with van der Waals surface area (Å²) >= 11 is 0. The molecule has 1 amide bonds. The highest BCUT2D eigenvalue weighted by Gasteiger charge is 2.12. The molecule has 2 aromatic rings. The Morgan fingerprint density at radius 1 is 0.685 bits per heavy atom. The number of hydrogen-bond acceptors (Lipinski definition) is 7. The van der Waals surface area contributed by atoms with Crippen molar-refractivity contribution in [2.24, 2.45) is 0 Å². The largest absolute Gasteiger partial charge is 0.463 e. The minimum absolute atomic E-state index is 0.0641. The van der Waals surface area contributed by atoms with Crippen LogP contribution in [0.2, 0.25) is 0 Å². The molecule has 0 unspecified atom stereocenters. The maximum absolute atomic E-state index is 12.6. The number of allylic oxidation sites excluding steroid dienone is 12. The molecule has 54 heavy (non-hydrogen) atoms. The fourth-order valence-corrected chi connectivity index (χ4v) is 5.41. The summed E-state index contributed by atoms with van der Waals surface area (Å²) in [6.45, 7) is 4.83. The third kappa shape index (κ3) is 23.4. The summed E-state index contributed by atoms with van der Waals surface area (Å²) in [6, 6.07) is 0. The molecule has 0 bridgehead atoms. The Hall–Kier alpha value is -4.31. The fourth-order valence-electron chi connectivity index (χ4n) is 5.41. The van der Waals surface area contributed by atoms with Crippen molar-refractivity contribution in [3.63, 3.8) is 0 Å². The predicted octanol–water partition coefficient (Wildman–Crippen LogP) is 10.8. The summed E-state index contributed by atoms with van der Waals surface area (Å²) in [5.41, 5.74) is -0.00617. The molecule has 0 atom stereocenters. The Labute approximate surface area is 324 Å². The van der Waals surface area contributed by atoms with E-state index in [4.69, 9.17) is 9.47 Å². The Kier molecular flexibility index (Phi) is 27.3. The molecule has 298 valence electrons. The molecular weight excluding hydrogens is 679 g/mol. The number of hydrogen-bond donors (Lipinski definition) is 2. The van der Waals surface area contributed by atoms with E-state index in [1.54, 1.807) is 4.57 Å². The highest BCUT2D eigenvalue weighted by molar-refractivity contribution is 5.89. The van der Waals surface area contributed by atoms with Gasteiger partial charge in [-0.05, 0) is 89.9 Å². The lowest BCUT2D eigenvalue weighted by atomic mass is 10.1. The van der Waals surface area contributed by atoms with Gasteiger partial charge in [0.2, 0.25) is 11.9 Å². The Morgan fingerprint density at radius 3 is 1.72 bits per heavy atom. The molecule has 0 radical (unpaired) electrons. The van der Waals surface area contributed by atoms with E-state index in [0.29, 0.717) is 18.5 Å². The quantitative estimate of drug-likeness (QED) is 0.0433. The van der Waals surface area contributed by atoms with E-state index in [1.165, 1.54) is 57.7 Å². The van der Waals surface area contributed by atoms with Crippen LogP contribution in [0, 0.1) is 0 Å². The number of nitrogens with one attached hydrogen (secondary N) is 2. The summed E-state index contributed by atoms with van der Waals surface area (Å²) in [5.74, 6) is -0.391. The number of aromatic nitrogens is 4. The van der Waals surface area contributed by atoms with Crippen LogP contribution in [0.15, 0.2) is 84.0 Å². The van der Waals surface area contributed by atoms with Gasteiger partial charge >= 0.3 is 5.97 Å². The van der Waals surface area contributed by atoms with Gasteiger partial charge in [0.1, 0.15) is 13.3 Å². The number of H-pyrrole nitrogens is 1. The van der Waals surface area contributed by atoms with E-state index in [2.05, 4.69) is 107 Å². The van der Waals surface area contributed by atoms with Crippen molar-refractivity contribution >= 4 is 29.0 Å². The first-order chi connectivity index (χ1) is 26.5. The number of rotatable bonds is 32. The molecule has 2 N–H and O–H groups in total. The lowest BCUT2D eigenvalue weighted by molar-refractivity contribution is -0.145. The van der Waals surface area contributed by atoms with Gasteiger partial charge in [0, 0.05) is 12.8 Å². The second-order valence-electron chi connectivity index (χ2n) is 13.4. The molecule has 0 saturated carbocycles. The first kappa shape index (κ1) is 45.8. The SMILES string of the molecule is CCCCC/C=C\C/C=C\C/C=C\CCCCC(=O)Nc1nc2c(ncn2COCCOC(=O)CCCC/C=C\C/C=C\C/C=C\CCCCC)c(=O)[nH]1. The fraction of sp³-hybridized carbons (Fsp3) is 0.568. The summed E-state index contributed by atoms with van der Waals surface area (Å²) in [4.78, 5) is 48.3. The highest BCUT2D eigenvalue weighted by Crippen LogP contribution is 2.10. The van der Waals surface area contributed by atoms with E-state index in [0.717, 1.165) is 64.2 Å². The smallest absolute Gasteiger partial charge is 0.305 e. The van der Waals surface area contributed by atoms with Crippen molar-refractivity contribution < 1.29 is 19.1 Å². The van der Waals surface area contributed by atoms with Crippen LogP contribution >= 0.6 is 0 Å². The number of esters is 1. The van der Waals surface area contributed by atoms with Crippen LogP contribution in [0.3, 0.4) is 0 Å². The number of unbranched alkanes of at least 4 members (excludes halogenated alkanes) is 10. The molecule has 0 aromatic carbocycles. The van der Waals surface area contributed by atoms with Crippen LogP contribution in [0.5, 0.6) is 0 Å². The van der Waals surface area contributed by atoms with Gasteiger partial charge in [-0.15, -0.1) is 0 Å². The topological polar surface area (TPSA) is 128 Å². The lowest BCUT2D eigenvalue weighted by Crippen LogP contribution is -2.19. The number of ether oxygens (including phenoxy) is 2. The van der Waals surface area contributed by atoms with Crippen LogP contribution in [0.1, 0.15) is 142 Å². The molecule has 0 saturated heterocycles. The average Bonchev–Trinajstić information content (AvgIpc) is 3.57. The number of imidazole rings is 1. The van der Waals surface area contributed by atoms with Gasteiger partial charge in [-0.1, -0.05) is 112 Å². The van der Waals surface area contributed by atoms with Crippen LogP contribution in [-0.2, 0) is 25.8 Å². The predicted molar refractivity (Wildman–Crippen MR) is 222 cm³/mol. The molecule has 10 heteroatoms. The lowest BCUT2D eigenvalue weighted by Gasteiger charge is -2.08. The average molecular weight is 746 g/mol. The van der Waals surface area contributed by atoms with Gasteiger partial charge in [0.25, 0.3) is 5.56 Å². The molecule has 2 heterocycles. The van der Waals surface area contributed by atoms with Gasteiger partial charge in [-0.2, -0.15) is 4.98 Å². The minimum Gasteiger partial charge on any atom is -0.463 e. The van der Waals surface area contributed by atoms with Crippen molar-refractivity contribution in [3.8, 4) is 0 Å². The number of amides is 1. The zero-order valence-corrected chi connectivity index (χ0v) is 33.2. The number of carbonyl (C=O) groups excluding carboxylic acids is 2. The molecule has 0 aliphatic rings. The second kappa shape index (κ2) is 32.1. The molecule has 0 aliphatic heterocycles. The van der Waals surface area contributed by atoms with E-state index < -0.39 is 5.56 Å². The number of nitrogens with zero attached hydrogens (tertiary/aromatic N) is 3. The molecule has 0 spiro atoms. The van der Waals surface area contributed by atoms with Gasteiger partial charge < -0.3 is 9.47 Å². The first-order valence-electron chi connectivity index (χ1n) is 20.4. The van der Waals surface area contributed by atoms with Crippen LogP contribution in [0.4, 0.5) is 5.95 Å². The van der Waals surface area contributed by atoms with E-state index in [-0.39, 0.29) is 43.3 Å². The van der Waals surface area contributed by atoms with Gasteiger partial charge in [0.15, 0.2) is 11.2 Å². The van der Waals surface area contributed by atoms with Crippen molar-refractivity contribution in [1.29, 1.82) is 0 Å². The number of fused-ring (bicyclic) bond motifs is 1. The highest BCUT2D eigenvalue weighted by atomic mass is 16.6. The maximum Gasteiger partial charge on any atom is 0.305 e. The standard InChI is InChI=1S/C44H67N5O5/c1-3-5-7-9-11-13-15-17-19-21-23-25-27-29-31-33-39(50)46-44-47-42-41(43(52)48-44)45-37-49(42)38-53-35-36-54-40(51)34-32-30-28-26-24-22-20-18-16-14-12-10-8-6-4-2/h11-14,17-20,23-26,37H,3-10,15-16,21-22,27-36,38H2,1-2H3,(H2,46,47,48,50,52)/b13-11-,14-12-,19-17-,20-18-,25-23-,26-24-. The van der Waals surface area contributed by atoms with E-state index in [1.807, 2.05) is 0 Å². The summed E-state index contributed by atoms with van der Waals surface area (Å²) in [6.07, 6.45) is 47.6. The van der Waals surface area contributed by atoms with Crippen LogP contribution in [0.25, 0.3) is 11.2 Å². The van der Waals surface area contributed by atoms with E-state index >= 15 is 0 Å². The Morgan fingerprint density at radius 2 is 1.19 bits per heavy atom. The molecule has 0 aliphatic carbocycles. The van der Waals surface area contributed by atoms with Crippen molar-refractivity contribution in [2.75, 3.05) is 18.5 Å². The third-order valence-electron chi connectivity index (χ3n) is 8.52. The zero-order chi connectivity index (χ0) is 38.7. The number of aromatic amines is 1. The van der Waals surface area contributed by atoms with Gasteiger partial charge in [0.05, 0.1) is 12.9 Å². The number of carbonyl (C=O) groups is 2. The molecule has 10 nitrogen and oxygen atoms in total. The summed E-state index contributed by atoms with van der Waals surface area (Å²) in [7, 11) is 0. The Balaban J connectivity index is 1.55. The monoisotopic (exact) mass is 746 g/mol. The van der Waals surface area contributed by atoms with Gasteiger partial charge in [-0.25, -0.2) is 4.98 Å². The third-order valence-corrected chi connectivity index (χ3v) is 8.52. The second-order valence-corrected chi connectivity index (χ2v) is 13.4. The zero-order valence-electron chi connectivity index (χ0n) is 33.2. The van der Waals surface area contributed by atoms with Crippen molar-refractivity contribution in [3.05, 3.63) is 89.6 Å². The van der Waals surface area contributed by atoms with Crippen LogP contribution in [-0.4, -0.2) is 44.6 Å².